The first kappa shape index (κ1) is 17.3. The average molecular weight is 343 g/mol. The lowest BCUT2D eigenvalue weighted by atomic mass is 10.1. The summed E-state index contributed by atoms with van der Waals surface area (Å²) in [7, 11) is 1.62. The minimum absolute atomic E-state index is 0.0341. The molecular formula is C20H22FNO3. The number of para-hydroxylation sites is 2. The summed E-state index contributed by atoms with van der Waals surface area (Å²) in [5.74, 6) is 1.51. The van der Waals surface area contributed by atoms with Crippen LogP contribution in [0.2, 0.25) is 0 Å². The van der Waals surface area contributed by atoms with E-state index < -0.39 is 0 Å². The van der Waals surface area contributed by atoms with Crippen LogP contribution in [-0.2, 0) is 0 Å². The monoisotopic (exact) mass is 343 g/mol. The highest BCUT2D eigenvalue weighted by atomic mass is 19.1. The summed E-state index contributed by atoms with van der Waals surface area (Å²) in [5, 5.41) is 0. The molecule has 0 N–H and O–H groups in total. The minimum atomic E-state index is -0.329. The number of carbonyl (C=O) groups is 1. The van der Waals surface area contributed by atoms with Crippen LogP contribution in [0.1, 0.15) is 23.2 Å². The van der Waals surface area contributed by atoms with E-state index in [1.165, 1.54) is 24.3 Å². The summed E-state index contributed by atoms with van der Waals surface area (Å²) in [6.45, 7) is 2.03. The number of methoxy groups -OCH3 is 1. The van der Waals surface area contributed by atoms with E-state index in [2.05, 4.69) is 0 Å². The highest BCUT2D eigenvalue weighted by Gasteiger charge is 2.26. The van der Waals surface area contributed by atoms with Gasteiger partial charge in [0, 0.05) is 18.7 Å². The number of rotatable bonds is 6. The average Bonchev–Trinajstić information content (AvgIpc) is 3.11. The van der Waals surface area contributed by atoms with Gasteiger partial charge in [0.25, 0.3) is 5.91 Å². The molecule has 132 valence electrons. The molecule has 1 fully saturated rings. The summed E-state index contributed by atoms with van der Waals surface area (Å²) < 4.78 is 24.1. The summed E-state index contributed by atoms with van der Waals surface area (Å²) in [5.41, 5.74) is 0.535. The molecule has 0 spiro atoms. The standard InChI is InChI=1S/C20H22FNO3/c1-24-18-4-2-3-5-19(18)25-13-11-15-10-12-22(14-15)20(23)16-6-8-17(21)9-7-16/h2-9,15H,10-14H2,1H3. The highest BCUT2D eigenvalue weighted by Crippen LogP contribution is 2.27. The van der Waals surface area contributed by atoms with Gasteiger partial charge in [0.05, 0.1) is 13.7 Å². The van der Waals surface area contributed by atoms with Gasteiger partial charge in [-0.25, -0.2) is 4.39 Å². The second-order valence-electron chi connectivity index (χ2n) is 6.20. The maximum Gasteiger partial charge on any atom is 0.253 e. The number of amides is 1. The smallest absolute Gasteiger partial charge is 0.253 e. The zero-order valence-electron chi connectivity index (χ0n) is 14.3. The fraction of sp³-hybridized carbons (Fsp3) is 0.350. The number of halogens is 1. The third-order valence-corrected chi connectivity index (χ3v) is 4.52. The molecule has 0 radical (unpaired) electrons. The largest absolute Gasteiger partial charge is 0.493 e. The fourth-order valence-electron chi connectivity index (χ4n) is 3.10. The number of hydrogen-bond donors (Lipinski definition) is 0. The van der Waals surface area contributed by atoms with Crippen molar-refractivity contribution >= 4 is 5.91 Å². The number of benzene rings is 2. The van der Waals surface area contributed by atoms with Crippen molar-refractivity contribution in [3.8, 4) is 11.5 Å². The summed E-state index contributed by atoms with van der Waals surface area (Å²) >= 11 is 0. The van der Waals surface area contributed by atoms with Crippen molar-refractivity contribution in [2.24, 2.45) is 5.92 Å². The SMILES string of the molecule is COc1ccccc1OCCC1CCN(C(=O)c2ccc(F)cc2)C1. The topological polar surface area (TPSA) is 38.8 Å². The van der Waals surface area contributed by atoms with Gasteiger partial charge in [0.15, 0.2) is 11.5 Å². The van der Waals surface area contributed by atoms with Crippen molar-refractivity contribution in [3.63, 3.8) is 0 Å². The summed E-state index contributed by atoms with van der Waals surface area (Å²) in [6.07, 6.45) is 1.84. The molecule has 4 nitrogen and oxygen atoms in total. The minimum Gasteiger partial charge on any atom is -0.493 e. The molecule has 0 aliphatic carbocycles. The van der Waals surface area contributed by atoms with E-state index in [1.807, 2.05) is 29.2 Å². The number of likely N-dealkylation sites (tertiary alicyclic amines) is 1. The van der Waals surface area contributed by atoms with Gasteiger partial charge in [-0.1, -0.05) is 12.1 Å². The van der Waals surface area contributed by atoms with Crippen LogP contribution < -0.4 is 9.47 Å². The third-order valence-electron chi connectivity index (χ3n) is 4.52. The Bertz CT molecular complexity index is 717. The quantitative estimate of drug-likeness (QED) is 0.801. The lowest BCUT2D eigenvalue weighted by Gasteiger charge is -2.17. The Balaban J connectivity index is 1.48. The molecule has 25 heavy (non-hydrogen) atoms. The van der Waals surface area contributed by atoms with Crippen LogP contribution in [-0.4, -0.2) is 37.6 Å². The van der Waals surface area contributed by atoms with Crippen LogP contribution in [0.15, 0.2) is 48.5 Å². The number of carbonyl (C=O) groups excluding carboxylic acids is 1. The van der Waals surface area contributed by atoms with Gasteiger partial charge in [0.1, 0.15) is 5.82 Å². The Labute approximate surface area is 147 Å². The Kier molecular flexibility index (Phi) is 5.53. The van der Waals surface area contributed by atoms with Crippen molar-refractivity contribution in [2.75, 3.05) is 26.8 Å². The van der Waals surface area contributed by atoms with Crippen LogP contribution >= 0.6 is 0 Å². The van der Waals surface area contributed by atoms with Crippen LogP contribution in [0.3, 0.4) is 0 Å². The van der Waals surface area contributed by atoms with Crippen molar-refractivity contribution < 1.29 is 18.7 Å². The fourth-order valence-corrected chi connectivity index (χ4v) is 3.10. The first-order chi connectivity index (χ1) is 12.2. The van der Waals surface area contributed by atoms with Gasteiger partial charge in [-0.2, -0.15) is 0 Å². The molecule has 1 amide bonds. The maximum atomic E-state index is 13.0. The van der Waals surface area contributed by atoms with Crippen molar-refractivity contribution in [2.45, 2.75) is 12.8 Å². The van der Waals surface area contributed by atoms with E-state index in [9.17, 15) is 9.18 Å². The van der Waals surface area contributed by atoms with Crippen LogP contribution in [0.25, 0.3) is 0 Å². The third kappa shape index (κ3) is 4.29. The number of hydrogen-bond acceptors (Lipinski definition) is 3. The van der Waals surface area contributed by atoms with Gasteiger partial charge in [-0.05, 0) is 55.2 Å². The molecule has 0 bridgehead atoms. The zero-order valence-corrected chi connectivity index (χ0v) is 14.3. The van der Waals surface area contributed by atoms with Gasteiger partial charge in [-0.15, -0.1) is 0 Å². The molecule has 1 heterocycles. The molecule has 5 heteroatoms. The van der Waals surface area contributed by atoms with Crippen LogP contribution in [0.4, 0.5) is 4.39 Å². The van der Waals surface area contributed by atoms with Crippen molar-refractivity contribution in [3.05, 3.63) is 59.9 Å². The molecule has 1 saturated heterocycles. The van der Waals surface area contributed by atoms with E-state index >= 15 is 0 Å². The molecular weight excluding hydrogens is 321 g/mol. The Morgan fingerprint density at radius 3 is 2.60 bits per heavy atom. The highest BCUT2D eigenvalue weighted by molar-refractivity contribution is 5.94. The van der Waals surface area contributed by atoms with Gasteiger partial charge >= 0.3 is 0 Å². The van der Waals surface area contributed by atoms with E-state index in [1.54, 1.807) is 7.11 Å². The molecule has 1 atom stereocenters. The molecule has 1 aliphatic rings. The molecule has 1 unspecified atom stereocenters. The van der Waals surface area contributed by atoms with Gasteiger partial charge in [0.2, 0.25) is 0 Å². The lowest BCUT2D eigenvalue weighted by molar-refractivity contribution is 0.0785. The first-order valence-electron chi connectivity index (χ1n) is 8.48. The molecule has 2 aromatic rings. The predicted octanol–water partition coefficient (Wildman–Crippen LogP) is 3.77. The second-order valence-corrected chi connectivity index (χ2v) is 6.20. The van der Waals surface area contributed by atoms with E-state index in [4.69, 9.17) is 9.47 Å². The Morgan fingerprint density at radius 1 is 1.16 bits per heavy atom. The molecule has 1 aliphatic heterocycles. The van der Waals surface area contributed by atoms with Crippen LogP contribution in [0.5, 0.6) is 11.5 Å². The van der Waals surface area contributed by atoms with E-state index in [0.717, 1.165) is 30.9 Å². The zero-order chi connectivity index (χ0) is 17.6. The first-order valence-corrected chi connectivity index (χ1v) is 8.48. The molecule has 0 saturated carbocycles. The number of ether oxygens (including phenoxy) is 2. The van der Waals surface area contributed by atoms with Crippen molar-refractivity contribution in [1.82, 2.24) is 4.90 Å². The molecule has 3 rings (SSSR count). The van der Waals surface area contributed by atoms with E-state index in [0.29, 0.717) is 24.6 Å². The van der Waals surface area contributed by atoms with Gasteiger partial charge < -0.3 is 14.4 Å². The van der Waals surface area contributed by atoms with Gasteiger partial charge in [-0.3, -0.25) is 4.79 Å². The molecule has 0 aromatic heterocycles. The summed E-state index contributed by atoms with van der Waals surface area (Å²) in [6, 6.07) is 13.3. The maximum absolute atomic E-state index is 13.0. The Morgan fingerprint density at radius 2 is 1.88 bits per heavy atom. The normalized spacial score (nSPS) is 16.7. The Hall–Kier alpha value is -2.56. The summed E-state index contributed by atoms with van der Waals surface area (Å²) in [4.78, 5) is 14.3. The predicted molar refractivity (Wildman–Crippen MR) is 93.5 cm³/mol. The second kappa shape index (κ2) is 8.01. The van der Waals surface area contributed by atoms with Crippen molar-refractivity contribution in [1.29, 1.82) is 0 Å². The molecule has 2 aromatic carbocycles. The van der Waals surface area contributed by atoms with Crippen LogP contribution in [0, 0.1) is 11.7 Å². The lowest BCUT2D eigenvalue weighted by Crippen LogP contribution is -2.28. The number of nitrogens with zero attached hydrogens (tertiary/aromatic N) is 1. The van der Waals surface area contributed by atoms with E-state index in [-0.39, 0.29) is 11.7 Å².